The third kappa shape index (κ3) is 2.21. The molecule has 2 aromatic rings. The summed E-state index contributed by atoms with van der Waals surface area (Å²) in [6.45, 7) is 2.29. The second-order valence-electron chi connectivity index (χ2n) is 6.23. The summed E-state index contributed by atoms with van der Waals surface area (Å²) in [4.78, 5) is 13.6. The molecular formula is C17H20N4O. The maximum atomic E-state index is 11.2. The Kier molecular flexibility index (Phi) is 3.41. The van der Waals surface area contributed by atoms with Crippen molar-refractivity contribution in [2.24, 2.45) is 0 Å². The largest absolute Gasteiger partial charge is 0.372 e. The Labute approximate surface area is 129 Å². The van der Waals surface area contributed by atoms with E-state index in [0.717, 1.165) is 43.6 Å². The molecule has 1 saturated heterocycles. The molecular weight excluding hydrogens is 276 g/mol. The third-order valence-electron chi connectivity index (χ3n) is 4.90. The summed E-state index contributed by atoms with van der Waals surface area (Å²) in [5, 5.41) is 8.26. The Morgan fingerprint density at radius 1 is 1.00 bits per heavy atom. The molecule has 0 bridgehead atoms. The lowest BCUT2D eigenvalue weighted by atomic mass is 9.82. The zero-order chi connectivity index (χ0) is 14.9. The van der Waals surface area contributed by atoms with Crippen LogP contribution in [0.3, 0.4) is 0 Å². The minimum atomic E-state index is 0.424. The monoisotopic (exact) mass is 296 g/mol. The molecule has 0 unspecified atom stereocenters. The van der Waals surface area contributed by atoms with Gasteiger partial charge in [0.2, 0.25) is 0 Å². The Hall–Kier alpha value is -2.17. The summed E-state index contributed by atoms with van der Waals surface area (Å²) in [6, 6.07) is 8.46. The lowest BCUT2D eigenvalue weighted by Gasteiger charge is -2.26. The number of hydrogen-bond acceptors (Lipinski definition) is 4. The number of nitrogens with zero attached hydrogens (tertiary/aromatic N) is 4. The smallest absolute Gasteiger partial charge is 0.172 e. The Morgan fingerprint density at radius 2 is 1.68 bits per heavy atom. The van der Waals surface area contributed by atoms with Crippen molar-refractivity contribution >= 4 is 12.0 Å². The van der Waals surface area contributed by atoms with E-state index in [9.17, 15) is 4.79 Å². The molecule has 1 aromatic heterocycles. The maximum Gasteiger partial charge on any atom is 0.172 e. The van der Waals surface area contributed by atoms with Crippen LogP contribution in [0.5, 0.6) is 0 Å². The molecule has 0 N–H and O–H groups in total. The first-order valence-electron chi connectivity index (χ1n) is 8.13. The van der Waals surface area contributed by atoms with Crippen molar-refractivity contribution < 1.29 is 4.79 Å². The van der Waals surface area contributed by atoms with Gasteiger partial charge in [0.05, 0.1) is 11.4 Å². The molecule has 2 heterocycles. The molecule has 22 heavy (non-hydrogen) atoms. The summed E-state index contributed by atoms with van der Waals surface area (Å²) in [7, 11) is 0. The molecule has 1 aliphatic heterocycles. The second-order valence-corrected chi connectivity index (χ2v) is 6.23. The molecule has 5 nitrogen and oxygen atoms in total. The molecule has 4 rings (SSSR count). The average molecular weight is 296 g/mol. The van der Waals surface area contributed by atoms with Crippen LogP contribution < -0.4 is 4.90 Å². The van der Waals surface area contributed by atoms with E-state index in [0.29, 0.717) is 11.6 Å². The second kappa shape index (κ2) is 5.55. The van der Waals surface area contributed by atoms with E-state index < -0.39 is 0 Å². The zero-order valence-corrected chi connectivity index (χ0v) is 12.6. The van der Waals surface area contributed by atoms with Crippen LogP contribution in [0.4, 0.5) is 5.69 Å². The van der Waals surface area contributed by atoms with Crippen LogP contribution in [0.1, 0.15) is 54.2 Å². The van der Waals surface area contributed by atoms with Crippen LogP contribution in [-0.2, 0) is 0 Å². The fraction of sp³-hybridized carbons (Fsp3) is 0.471. The molecule has 2 fully saturated rings. The van der Waals surface area contributed by atoms with E-state index >= 15 is 0 Å². The lowest BCUT2D eigenvalue weighted by Crippen LogP contribution is -2.18. The van der Waals surface area contributed by atoms with Crippen LogP contribution in [0.25, 0.3) is 5.69 Å². The van der Waals surface area contributed by atoms with Crippen LogP contribution in [0.2, 0.25) is 0 Å². The number of rotatable bonds is 4. The fourth-order valence-electron chi connectivity index (χ4n) is 3.42. The Bertz CT molecular complexity index is 666. The number of anilines is 1. The standard InChI is InChI=1S/C17H20N4O/c22-12-16-17(13-4-3-5-13)21(19-18-16)15-8-6-14(7-9-15)20-10-1-2-11-20/h6-9,12-13H,1-5,10-11H2. The topological polar surface area (TPSA) is 51.0 Å². The van der Waals surface area contributed by atoms with Crippen molar-refractivity contribution in [1.82, 2.24) is 15.0 Å². The highest BCUT2D eigenvalue weighted by Crippen LogP contribution is 2.38. The van der Waals surface area contributed by atoms with Crippen LogP contribution in [0, 0.1) is 0 Å². The van der Waals surface area contributed by atoms with E-state index in [1.54, 1.807) is 0 Å². The summed E-state index contributed by atoms with van der Waals surface area (Å²) < 4.78 is 1.85. The summed E-state index contributed by atoms with van der Waals surface area (Å²) >= 11 is 0. The van der Waals surface area contributed by atoms with E-state index in [2.05, 4.69) is 39.5 Å². The fourth-order valence-corrected chi connectivity index (χ4v) is 3.42. The summed E-state index contributed by atoms with van der Waals surface area (Å²) in [6.07, 6.45) is 6.86. The van der Waals surface area contributed by atoms with Crippen molar-refractivity contribution in [1.29, 1.82) is 0 Å². The molecule has 114 valence electrons. The van der Waals surface area contributed by atoms with Gasteiger partial charge in [-0.1, -0.05) is 11.6 Å². The predicted octanol–water partition coefficient (Wildman–Crippen LogP) is 2.95. The minimum absolute atomic E-state index is 0.424. The van der Waals surface area contributed by atoms with Gasteiger partial charge in [0.25, 0.3) is 0 Å². The van der Waals surface area contributed by atoms with Crippen molar-refractivity contribution in [3.63, 3.8) is 0 Å². The SMILES string of the molecule is O=Cc1nnn(-c2ccc(N3CCCC3)cc2)c1C1CCC1. The first kappa shape index (κ1) is 13.5. The van der Waals surface area contributed by atoms with Gasteiger partial charge in [-0.15, -0.1) is 5.10 Å². The van der Waals surface area contributed by atoms with Gasteiger partial charge in [-0.25, -0.2) is 4.68 Å². The van der Waals surface area contributed by atoms with Gasteiger partial charge in [-0.3, -0.25) is 4.79 Å². The number of hydrogen-bond donors (Lipinski definition) is 0. The van der Waals surface area contributed by atoms with Gasteiger partial charge in [-0.05, 0) is 49.9 Å². The van der Waals surface area contributed by atoms with Gasteiger partial charge in [0.1, 0.15) is 5.69 Å². The van der Waals surface area contributed by atoms with Gasteiger partial charge in [0, 0.05) is 24.7 Å². The van der Waals surface area contributed by atoms with Gasteiger partial charge >= 0.3 is 0 Å². The molecule has 1 aromatic carbocycles. The highest BCUT2D eigenvalue weighted by molar-refractivity contribution is 5.74. The summed E-state index contributed by atoms with van der Waals surface area (Å²) in [5.41, 5.74) is 3.73. The van der Waals surface area contributed by atoms with Crippen molar-refractivity contribution in [2.45, 2.75) is 38.0 Å². The Balaban J connectivity index is 1.66. The minimum Gasteiger partial charge on any atom is -0.372 e. The zero-order valence-electron chi connectivity index (χ0n) is 12.6. The highest BCUT2D eigenvalue weighted by atomic mass is 16.1. The van der Waals surface area contributed by atoms with Gasteiger partial charge in [-0.2, -0.15) is 0 Å². The average Bonchev–Trinajstić information content (AvgIpc) is 3.15. The maximum absolute atomic E-state index is 11.2. The van der Waals surface area contributed by atoms with Crippen LogP contribution in [0.15, 0.2) is 24.3 Å². The summed E-state index contributed by atoms with van der Waals surface area (Å²) in [5.74, 6) is 0.424. The molecule has 0 atom stereocenters. The quantitative estimate of drug-likeness (QED) is 0.814. The first-order chi connectivity index (χ1) is 10.9. The van der Waals surface area contributed by atoms with E-state index in [-0.39, 0.29) is 0 Å². The van der Waals surface area contributed by atoms with Crippen LogP contribution in [-0.4, -0.2) is 34.4 Å². The molecule has 0 amide bonds. The van der Waals surface area contributed by atoms with Gasteiger partial charge < -0.3 is 4.90 Å². The van der Waals surface area contributed by atoms with Crippen molar-refractivity contribution in [3.8, 4) is 5.69 Å². The number of carbonyl (C=O) groups is 1. The van der Waals surface area contributed by atoms with Crippen LogP contribution >= 0.6 is 0 Å². The predicted molar refractivity (Wildman–Crippen MR) is 84.8 cm³/mol. The van der Waals surface area contributed by atoms with Gasteiger partial charge in [0.15, 0.2) is 6.29 Å². The molecule has 2 aliphatic rings. The first-order valence-corrected chi connectivity index (χ1v) is 8.13. The van der Waals surface area contributed by atoms with E-state index in [1.165, 1.54) is 24.9 Å². The number of benzene rings is 1. The molecule has 1 aliphatic carbocycles. The number of aldehydes is 1. The normalized spacial score (nSPS) is 18.5. The third-order valence-corrected chi connectivity index (χ3v) is 4.90. The molecule has 1 saturated carbocycles. The van der Waals surface area contributed by atoms with Crippen molar-refractivity contribution in [3.05, 3.63) is 35.7 Å². The number of carbonyl (C=O) groups excluding carboxylic acids is 1. The molecule has 0 spiro atoms. The molecule has 5 heteroatoms. The van der Waals surface area contributed by atoms with Crippen molar-refractivity contribution in [2.75, 3.05) is 18.0 Å². The molecule has 0 radical (unpaired) electrons. The van der Waals surface area contributed by atoms with E-state index in [1.807, 2.05) is 4.68 Å². The Morgan fingerprint density at radius 3 is 2.27 bits per heavy atom. The number of aromatic nitrogens is 3. The van der Waals surface area contributed by atoms with E-state index in [4.69, 9.17) is 0 Å². The highest BCUT2D eigenvalue weighted by Gasteiger charge is 2.28. The lowest BCUT2D eigenvalue weighted by molar-refractivity contribution is 0.111.